The number of benzene rings is 5. The van der Waals surface area contributed by atoms with Crippen molar-refractivity contribution in [1.29, 1.82) is 0 Å². The fraction of sp³-hybridized carbons (Fsp3) is 0.0909. The van der Waals surface area contributed by atoms with E-state index in [1.165, 1.54) is 0 Å². The summed E-state index contributed by atoms with van der Waals surface area (Å²) >= 11 is 0. The molecule has 5 aromatic rings. The van der Waals surface area contributed by atoms with E-state index in [9.17, 15) is 8.42 Å². The van der Waals surface area contributed by atoms with E-state index in [0.717, 1.165) is 37.1 Å². The van der Waals surface area contributed by atoms with Gasteiger partial charge < -0.3 is 4.74 Å². The summed E-state index contributed by atoms with van der Waals surface area (Å²) in [6, 6.07) is 39.6. The third kappa shape index (κ3) is 5.78. The van der Waals surface area contributed by atoms with Crippen LogP contribution in [0.15, 0.2) is 147 Å². The Kier molecular flexibility index (Phi) is 7.62. The molecule has 0 unspecified atom stereocenters. The molecule has 4 nitrogen and oxygen atoms in total. The van der Waals surface area contributed by atoms with Gasteiger partial charge in [0.2, 0.25) is 0 Å². The molecule has 6 heteroatoms. The Bertz CT molecular complexity index is 1600. The molecule has 5 rings (SSSR count). The summed E-state index contributed by atoms with van der Waals surface area (Å²) < 4.78 is 40.3. The minimum atomic E-state index is -4.15. The summed E-state index contributed by atoms with van der Waals surface area (Å²) in [7, 11) is -6.87. The fourth-order valence-corrected chi connectivity index (χ4v) is 9.36. The standard InChI is InChI=1S/C33H30O4S2/c1-25-9-17-30(18-10-25)38(31-19-11-26(2)12-20-31,37-39(34,35)33-21-13-27(3)14-22-33)32-23-15-29(16-24-32)36-28-7-5-4-6-8-28/h4-24H,1-3H3. The van der Waals surface area contributed by atoms with Gasteiger partial charge in [-0.2, -0.15) is 8.42 Å². The summed E-state index contributed by atoms with van der Waals surface area (Å²) in [5.41, 5.74) is 3.12. The molecule has 0 amide bonds. The van der Waals surface area contributed by atoms with E-state index in [0.29, 0.717) is 5.75 Å². The van der Waals surface area contributed by atoms with Gasteiger partial charge in [0.05, 0.1) is 4.90 Å². The van der Waals surface area contributed by atoms with Gasteiger partial charge >= 0.3 is 10.1 Å². The molecule has 0 atom stereocenters. The van der Waals surface area contributed by atoms with Crippen LogP contribution in [0.4, 0.5) is 0 Å². The smallest absolute Gasteiger partial charge is 0.307 e. The van der Waals surface area contributed by atoms with Crippen molar-refractivity contribution < 1.29 is 16.8 Å². The fourth-order valence-electron chi connectivity index (χ4n) is 4.19. The van der Waals surface area contributed by atoms with Crippen molar-refractivity contribution in [1.82, 2.24) is 0 Å². The molecule has 39 heavy (non-hydrogen) atoms. The van der Waals surface area contributed by atoms with Gasteiger partial charge in [0.1, 0.15) is 11.5 Å². The van der Waals surface area contributed by atoms with Crippen LogP contribution >= 0.6 is 10.3 Å². The Balaban J connectivity index is 1.70. The van der Waals surface area contributed by atoms with Crippen LogP contribution in [0.3, 0.4) is 0 Å². The second-order valence-electron chi connectivity index (χ2n) is 9.40. The van der Waals surface area contributed by atoms with Crippen molar-refractivity contribution in [3.63, 3.8) is 0 Å². The van der Waals surface area contributed by atoms with Crippen molar-refractivity contribution >= 4 is 20.4 Å². The first-order chi connectivity index (χ1) is 18.8. The van der Waals surface area contributed by atoms with Gasteiger partial charge in [0.25, 0.3) is 0 Å². The van der Waals surface area contributed by atoms with Crippen molar-refractivity contribution in [2.45, 2.75) is 40.4 Å². The van der Waals surface area contributed by atoms with Gasteiger partial charge in [-0.05, 0) is 104 Å². The number of aryl methyl sites for hydroxylation is 3. The molecule has 0 spiro atoms. The quantitative estimate of drug-likeness (QED) is 0.192. The zero-order valence-electron chi connectivity index (χ0n) is 22.1. The zero-order chi connectivity index (χ0) is 27.5. The molecule has 0 radical (unpaired) electrons. The van der Waals surface area contributed by atoms with Gasteiger partial charge in [-0.3, -0.25) is 0 Å². The van der Waals surface area contributed by atoms with Gasteiger partial charge in [-0.15, -0.1) is 0 Å². The van der Waals surface area contributed by atoms with Crippen LogP contribution in [0, 0.1) is 20.8 Å². The van der Waals surface area contributed by atoms with E-state index in [4.69, 9.17) is 8.37 Å². The van der Waals surface area contributed by atoms with Crippen LogP contribution in [0.5, 0.6) is 11.5 Å². The van der Waals surface area contributed by atoms with Crippen molar-refractivity contribution in [2.24, 2.45) is 0 Å². The lowest BCUT2D eigenvalue weighted by molar-refractivity contribution is 0.482. The Morgan fingerprint density at radius 1 is 0.436 bits per heavy atom. The van der Waals surface area contributed by atoms with Crippen molar-refractivity contribution in [2.75, 3.05) is 0 Å². The lowest BCUT2D eigenvalue weighted by atomic mass is 10.2. The minimum absolute atomic E-state index is 0.119. The Morgan fingerprint density at radius 3 is 1.23 bits per heavy atom. The Morgan fingerprint density at radius 2 is 0.795 bits per heavy atom. The highest BCUT2D eigenvalue weighted by molar-refractivity contribution is 8.33. The van der Waals surface area contributed by atoms with Crippen molar-refractivity contribution in [3.05, 3.63) is 144 Å². The number of rotatable bonds is 8. The largest absolute Gasteiger partial charge is 0.457 e. The molecule has 5 aromatic carbocycles. The third-order valence-electron chi connectivity index (χ3n) is 6.34. The molecule has 0 bridgehead atoms. The van der Waals surface area contributed by atoms with Gasteiger partial charge in [-0.25, -0.2) is 3.63 Å². The Labute approximate surface area is 232 Å². The summed E-state index contributed by atoms with van der Waals surface area (Å²) in [4.78, 5) is 2.42. The molecule has 0 heterocycles. The van der Waals surface area contributed by atoms with Crippen LogP contribution in [-0.4, -0.2) is 8.42 Å². The number of hydrogen-bond donors (Lipinski definition) is 0. The van der Waals surface area contributed by atoms with Gasteiger partial charge in [-0.1, -0.05) is 71.3 Å². The Hall–Kier alpha value is -3.84. The van der Waals surface area contributed by atoms with Gasteiger partial charge in [0, 0.05) is 14.7 Å². The van der Waals surface area contributed by atoms with Crippen LogP contribution in [-0.2, 0) is 13.7 Å². The van der Waals surface area contributed by atoms with E-state index in [-0.39, 0.29) is 4.90 Å². The zero-order valence-corrected chi connectivity index (χ0v) is 23.7. The predicted octanol–water partition coefficient (Wildman–Crippen LogP) is 9.01. The van der Waals surface area contributed by atoms with Crippen LogP contribution in [0.1, 0.15) is 16.7 Å². The number of para-hydroxylation sites is 1. The van der Waals surface area contributed by atoms with E-state index in [1.807, 2.05) is 124 Å². The highest BCUT2D eigenvalue weighted by Crippen LogP contribution is 2.70. The average Bonchev–Trinajstić information content (AvgIpc) is 2.94. The molecular weight excluding hydrogens is 524 g/mol. The summed E-state index contributed by atoms with van der Waals surface area (Å²) in [5.74, 6) is 1.37. The first kappa shape index (κ1) is 26.8. The van der Waals surface area contributed by atoms with E-state index in [1.54, 1.807) is 24.3 Å². The lowest BCUT2D eigenvalue weighted by Gasteiger charge is -2.39. The van der Waals surface area contributed by atoms with E-state index < -0.39 is 20.4 Å². The highest BCUT2D eigenvalue weighted by atomic mass is 32.3. The molecular formula is C33H30O4S2. The SMILES string of the molecule is Cc1ccc(S(OS(=O)(=O)c2ccc(C)cc2)(c2ccc(C)cc2)c2ccc(Oc3ccccc3)cc2)cc1. The second-order valence-corrected chi connectivity index (χ2v) is 13.9. The average molecular weight is 555 g/mol. The van der Waals surface area contributed by atoms with Gasteiger partial charge in [0.15, 0.2) is 0 Å². The molecule has 0 aliphatic heterocycles. The first-order valence-electron chi connectivity index (χ1n) is 12.6. The van der Waals surface area contributed by atoms with E-state index >= 15 is 0 Å². The maximum Gasteiger partial charge on any atom is 0.307 e. The van der Waals surface area contributed by atoms with E-state index in [2.05, 4.69) is 0 Å². The summed E-state index contributed by atoms with van der Waals surface area (Å²) in [6.45, 7) is 5.93. The van der Waals surface area contributed by atoms with Crippen LogP contribution in [0.2, 0.25) is 0 Å². The normalized spacial score (nSPS) is 12.2. The molecule has 0 N–H and O–H groups in total. The lowest BCUT2D eigenvalue weighted by Crippen LogP contribution is -2.14. The first-order valence-corrected chi connectivity index (χ1v) is 15.6. The number of ether oxygens (including phenoxy) is 1. The molecule has 0 aliphatic rings. The molecule has 198 valence electrons. The third-order valence-corrected chi connectivity index (χ3v) is 11.5. The monoisotopic (exact) mass is 554 g/mol. The van der Waals surface area contributed by atoms with Crippen LogP contribution in [0.25, 0.3) is 0 Å². The number of hydrogen-bond acceptors (Lipinski definition) is 4. The molecule has 0 aliphatic carbocycles. The predicted molar refractivity (Wildman–Crippen MR) is 157 cm³/mol. The highest BCUT2D eigenvalue weighted by Gasteiger charge is 2.38. The molecule has 0 aromatic heterocycles. The maximum absolute atomic E-state index is 13.9. The second kappa shape index (κ2) is 11.1. The van der Waals surface area contributed by atoms with Crippen molar-refractivity contribution in [3.8, 4) is 11.5 Å². The molecule has 0 saturated heterocycles. The molecule has 0 fully saturated rings. The minimum Gasteiger partial charge on any atom is -0.457 e. The topological polar surface area (TPSA) is 52.6 Å². The van der Waals surface area contributed by atoms with Crippen LogP contribution < -0.4 is 4.74 Å². The summed E-state index contributed by atoms with van der Waals surface area (Å²) in [5, 5.41) is 0. The maximum atomic E-state index is 13.9. The summed E-state index contributed by atoms with van der Waals surface area (Å²) in [6.07, 6.45) is 0. The molecule has 0 saturated carbocycles.